The first-order valence-electron chi connectivity index (χ1n) is 7.73. The second kappa shape index (κ2) is 6.38. The van der Waals surface area contributed by atoms with Gasteiger partial charge in [0.2, 0.25) is 5.89 Å². The van der Waals surface area contributed by atoms with E-state index in [0.29, 0.717) is 11.8 Å². The molecule has 2 heterocycles. The van der Waals surface area contributed by atoms with Gasteiger partial charge in [0.05, 0.1) is 19.3 Å². The molecule has 0 spiro atoms. The molecule has 0 saturated heterocycles. The SMILES string of the molecule is COc1cnccc1-c1ccc2oc(C(N)CC(C)C)nc2c1. The Labute approximate surface area is 135 Å². The van der Waals surface area contributed by atoms with Gasteiger partial charge in [-0.05, 0) is 36.1 Å². The minimum absolute atomic E-state index is 0.179. The Kier molecular flexibility index (Phi) is 4.30. The van der Waals surface area contributed by atoms with Crippen LogP contribution in [0.5, 0.6) is 5.75 Å². The zero-order valence-electron chi connectivity index (χ0n) is 13.6. The van der Waals surface area contributed by atoms with Crippen LogP contribution in [0, 0.1) is 5.92 Å². The zero-order valence-corrected chi connectivity index (χ0v) is 13.6. The monoisotopic (exact) mass is 311 g/mol. The molecule has 1 unspecified atom stereocenters. The fraction of sp³-hybridized carbons (Fsp3) is 0.333. The molecule has 1 aromatic carbocycles. The van der Waals surface area contributed by atoms with Crippen molar-refractivity contribution in [2.24, 2.45) is 11.7 Å². The molecule has 0 radical (unpaired) electrons. The predicted molar refractivity (Wildman–Crippen MR) is 90.2 cm³/mol. The maximum atomic E-state index is 6.17. The Bertz CT molecular complexity index is 811. The van der Waals surface area contributed by atoms with E-state index in [4.69, 9.17) is 14.9 Å². The molecule has 0 fully saturated rings. The van der Waals surface area contributed by atoms with E-state index >= 15 is 0 Å². The number of fused-ring (bicyclic) bond motifs is 1. The number of oxazole rings is 1. The highest BCUT2D eigenvalue weighted by Gasteiger charge is 2.16. The molecular formula is C18H21N3O2. The van der Waals surface area contributed by atoms with E-state index in [0.717, 1.165) is 34.4 Å². The van der Waals surface area contributed by atoms with Crippen LogP contribution in [0.2, 0.25) is 0 Å². The Morgan fingerprint density at radius 1 is 1.26 bits per heavy atom. The second-order valence-electron chi connectivity index (χ2n) is 6.05. The van der Waals surface area contributed by atoms with Crippen LogP contribution < -0.4 is 10.5 Å². The van der Waals surface area contributed by atoms with Gasteiger partial charge in [-0.2, -0.15) is 0 Å². The molecule has 2 N–H and O–H groups in total. The van der Waals surface area contributed by atoms with Crippen LogP contribution in [0.15, 0.2) is 41.1 Å². The molecule has 3 rings (SSSR count). The maximum absolute atomic E-state index is 6.17. The number of pyridine rings is 1. The first-order chi connectivity index (χ1) is 11.1. The molecule has 0 saturated carbocycles. The van der Waals surface area contributed by atoms with E-state index < -0.39 is 0 Å². The van der Waals surface area contributed by atoms with Crippen molar-refractivity contribution in [2.75, 3.05) is 7.11 Å². The number of rotatable bonds is 5. The molecule has 2 aromatic heterocycles. The molecule has 0 aliphatic heterocycles. The van der Waals surface area contributed by atoms with Gasteiger partial charge in [0, 0.05) is 11.8 Å². The Hall–Kier alpha value is -2.40. The predicted octanol–water partition coefficient (Wildman–Crippen LogP) is 3.94. The summed E-state index contributed by atoms with van der Waals surface area (Å²) in [6, 6.07) is 7.64. The third-order valence-electron chi connectivity index (χ3n) is 3.76. The summed E-state index contributed by atoms with van der Waals surface area (Å²) in [6.07, 6.45) is 4.29. The number of nitrogens with zero attached hydrogens (tertiary/aromatic N) is 2. The first kappa shape index (κ1) is 15.5. The van der Waals surface area contributed by atoms with Crippen LogP contribution in [0.1, 0.15) is 32.2 Å². The van der Waals surface area contributed by atoms with E-state index in [-0.39, 0.29) is 6.04 Å². The molecule has 0 aliphatic carbocycles. The lowest BCUT2D eigenvalue weighted by Crippen LogP contribution is -2.13. The third-order valence-corrected chi connectivity index (χ3v) is 3.76. The molecule has 0 bridgehead atoms. The van der Waals surface area contributed by atoms with Gasteiger partial charge in [-0.3, -0.25) is 4.98 Å². The van der Waals surface area contributed by atoms with Crippen molar-refractivity contribution in [1.82, 2.24) is 9.97 Å². The van der Waals surface area contributed by atoms with Crippen LogP contribution in [-0.2, 0) is 0 Å². The van der Waals surface area contributed by atoms with Gasteiger partial charge < -0.3 is 14.9 Å². The van der Waals surface area contributed by atoms with Gasteiger partial charge in [0.1, 0.15) is 11.3 Å². The molecule has 0 amide bonds. The number of aromatic nitrogens is 2. The summed E-state index contributed by atoms with van der Waals surface area (Å²) in [6.45, 7) is 4.27. The number of hydrogen-bond acceptors (Lipinski definition) is 5. The maximum Gasteiger partial charge on any atom is 0.212 e. The summed E-state index contributed by atoms with van der Waals surface area (Å²) < 4.78 is 11.2. The van der Waals surface area contributed by atoms with Crippen molar-refractivity contribution >= 4 is 11.1 Å². The Morgan fingerprint density at radius 3 is 2.83 bits per heavy atom. The summed E-state index contributed by atoms with van der Waals surface area (Å²) in [5, 5.41) is 0. The highest BCUT2D eigenvalue weighted by Crippen LogP contribution is 2.32. The van der Waals surface area contributed by atoms with Gasteiger partial charge in [-0.15, -0.1) is 0 Å². The molecule has 0 aliphatic rings. The second-order valence-corrected chi connectivity index (χ2v) is 6.05. The van der Waals surface area contributed by atoms with Crippen LogP contribution >= 0.6 is 0 Å². The number of ether oxygens (including phenoxy) is 1. The summed E-state index contributed by atoms with van der Waals surface area (Å²) in [5.41, 5.74) is 9.70. The lowest BCUT2D eigenvalue weighted by atomic mass is 10.0. The van der Waals surface area contributed by atoms with Gasteiger partial charge >= 0.3 is 0 Å². The average Bonchev–Trinajstić information content (AvgIpc) is 2.97. The minimum atomic E-state index is -0.179. The lowest BCUT2D eigenvalue weighted by molar-refractivity contribution is 0.414. The van der Waals surface area contributed by atoms with Crippen molar-refractivity contribution in [3.8, 4) is 16.9 Å². The highest BCUT2D eigenvalue weighted by atomic mass is 16.5. The smallest absolute Gasteiger partial charge is 0.212 e. The fourth-order valence-corrected chi connectivity index (χ4v) is 2.66. The van der Waals surface area contributed by atoms with Crippen molar-refractivity contribution in [2.45, 2.75) is 26.3 Å². The topological polar surface area (TPSA) is 74.2 Å². The average molecular weight is 311 g/mol. The van der Waals surface area contributed by atoms with Crippen molar-refractivity contribution in [3.63, 3.8) is 0 Å². The summed E-state index contributed by atoms with van der Waals surface area (Å²) in [5.74, 6) is 1.82. The molecular weight excluding hydrogens is 290 g/mol. The van der Waals surface area contributed by atoms with Crippen molar-refractivity contribution in [1.29, 1.82) is 0 Å². The van der Waals surface area contributed by atoms with E-state index in [1.165, 1.54) is 0 Å². The third kappa shape index (κ3) is 3.19. The van der Waals surface area contributed by atoms with E-state index in [9.17, 15) is 0 Å². The molecule has 5 nitrogen and oxygen atoms in total. The highest BCUT2D eigenvalue weighted by molar-refractivity contribution is 5.82. The van der Waals surface area contributed by atoms with Crippen LogP contribution in [0.3, 0.4) is 0 Å². The van der Waals surface area contributed by atoms with Gasteiger partial charge in [-0.1, -0.05) is 19.9 Å². The van der Waals surface area contributed by atoms with Crippen LogP contribution in [-0.4, -0.2) is 17.1 Å². The Morgan fingerprint density at radius 2 is 2.09 bits per heavy atom. The van der Waals surface area contributed by atoms with Gasteiger partial charge in [-0.25, -0.2) is 4.98 Å². The number of benzene rings is 1. The molecule has 23 heavy (non-hydrogen) atoms. The lowest BCUT2D eigenvalue weighted by Gasteiger charge is -2.09. The first-order valence-corrected chi connectivity index (χ1v) is 7.73. The van der Waals surface area contributed by atoms with Crippen molar-refractivity contribution < 1.29 is 9.15 Å². The number of hydrogen-bond donors (Lipinski definition) is 1. The molecule has 1 atom stereocenters. The number of methoxy groups -OCH3 is 1. The van der Waals surface area contributed by atoms with Gasteiger partial charge in [0.25, 0.3) is 0 Å². The van der Waals surface area contributed by atoms with Crippen LogP contribution in [0.25, 0.3) is 22.2 Å². The molecule has 120 valence electrons. The van der Waals surface area contributed by atoms with Gasteiger partial charge in [0.15, 0.2) is 5.58 Å². The fourth-order valence-electron chi connectivity index (χ4n) is 2.66. The molecule has 5 heteroatoms. The van der Waals surface area contributed by atoms with E-state index in [2.05, 4.69) is 23.8 Å². The largest absolute Gasteiger partial charge is 0.494 e. The van der Waals surface area contributed by atoms with Crippen LogP contribution in [0.4, 0.5) is 0 Å². The van der Waals surface area contributed by atoms with E-state index in [1.54, 1.807) is 19.5 Å². The minimum Gasteiger partial charge on any atom is -0.494 e. The van der Waals surface area contributed by atoms with Crippen molar-refractivity contribution in [3.05, 3.63) is 42.5 Å². The normalized spacial score (nSPS) is 12.7. The molecule has 3 aromatic rings. The summed E-state index contributed by atoms with van der Waals surface area (Å²) in [7, 11) is 1.64. The number of nitrogens with two attached hydrogens (primary N) is 1. The quantitative estimate of drug-likeness (QED) is 0.772. The standard InChI is InChI=1S/C18H21N3O2/c1-11(2)8-14(19)18-21-15-9-12(4-5-16(15)23-18)13-6-7-20-10-17(13)22-3/h4-7,9-11,14H,8,19H2,1-3H3. The summed E-state index contributed by atoms with van der Waals surface area (Å²) in [4.78, 5) is 8.64. The Balaban J connectivity index is 1.99. The van der Waals surface area contributed by atoms with E-state index in [1.807, 2.05) is 24.3 Å². The summed E-state index contributed by atoms with van der Waals surface area (Å²) >= 11 is 0. The zero-order chi connectivity index (χ0) is 16.4.